The number of nitrogens with zero attached hydrogens (tertiary/aromatic N) is 2. The van der Waals surface area contributed by atoms with Gasteiger partial charge in [0.1, 0.15) is 0 Å². The van der Waals surface area contributed by atoms with Crippen LogP contribution >= 0.6 is 0 Å². The van der Waals surface area contributed by atoms with Crippen LogP contribution in [0.1, 0.15) is 29.8 Å². The molecule has 1 aromatic heterocycles. The van der Waals surface area contributed by atoms with Crippen molar-refractivity contribution in [2.24, 2.45) is 17.8 Å². The van der Waals surface area contributed by atoms with Crippen molar-refractivity contribution >= 4 is 5.78 Å². The quantitative estimate of drug-likeness (QED) is 0.725. The van der Waals surface area contributed by atoms with E-state index in [1.807, 2.05) is 0 Å². The zero-order chi connectivity index (χ0) is 11.1. The summed E-state index contributed by atoms with van der Waals surface area (Å²) in [6.45, 7) is 0. The minimum atomic E-state index is 0.125. The molecule has 3 rings (SSSR count). The van der Waals surface area contributed by atoms with Gasteiger partial charge in [-0.25, -0.2) is 9.97 Å². The largest absolute Gasteiger partial charge is 0.479 e. The molecule has 0 bridgehead atoms. The highest BCUT2D eigenvalue weighted by Gasteiger charge is 2.57. The van der Waals surface area contributed by atoms with Gasteiger partial charge in [-0.15, -0.1) is 0 Å². The number of fused-ring (bicyclic) bond motifs is 1. The highest BCUT2D eigenvalue weighted by Crippen LogP contribution is 2.58. The van der Waals surface area contributed by atoms with Gasteiger partial charge in [0.05, 0.1) is 7.11 Å². The minimum absolute atomic E-state index is 0.125. The molecule has 84 valence electrons. The van der Waals surface area contributed by atoms with Gasteiger partial charge in [0, 0.05) is 18.3 Å². The van der Waals surface area contributed by atoms with Gasteiger partial charge in [-0.1, -0.05) is 6.42 Å². The van der Waals surface area contributed by atoms with Gasteiger partial charge in [0.25, 0.3) is 0 Å². The van der Waals surface area contributed by atoms with Crippen molar-refractivity contribution in [1.82, 2.24) is 9.97 Å². The number of methoxy groups -OCH3 is 1. The Morgan fingerprint density at radius 3 is 2.69 bits per heavy atom. The first kappa shape index (κ1) is 9.75. The molecule has 0 spiro atoms. The van der Waals surface area contributed by atoms with Crippen LogP contribution in [-0.4, -0.2) is 22.9 Å². The summed E-state index contributed by atoms with van der Waals surface area (Å²) >= 11 is 0. The SMILES string of the molecule is COc1nccnc1C(=O)C1C2CCCC21. The number of aromatic nitrogens is 2. The predicted octanol–water partition coefficient (Wildman–Crippen LogP) is 1.71. The molecule has 2 aliphatic rings. The van der Waals surface area contributed by atoms with Crippen molar-refractivity contribution < 1.29 is 9.53 Å². The summed E-state index contributed by atoms with van der Waals surface area (Å²) < 4.78 is 5.07. The summed E-state index contributed by atoms with van der Waals surface area (Å²) in [6, 6.07) is 0. The summed E-state index contributed by atoms with van der Waals surface area (Å²) in [4.78, 5) is 20.3. The van der Waals surface area contributed by atoms with Gasteiger partial charge in [-0.3, -0.25) is 4.79 Å². The molecule has 0 aromatic carbocycles. The number of ether oxygens (including phenoxy) is 1. The van der Waals surface area contributed by atoms with E-state index >= 15 is 0 Å². The van der Waals surface area contributed by atoms with Gasteiger partial charge < -0.3 is 4.74 Å². The Balaban J connectivity index is 1.84. The first-order valence-electron chi connectivity index (χ1n) is 5.72. The Bertz CT molecular complexity index is 423. The molecule has 0 radical (unpaired) electrons. The molecular weight excluding hydrogens is 204 g/mol. The lowest BCUT2D eigenvalue weighted by Gasteiger charge is -2.05. The highest BCUT2D eigenvalue weighted by molar-refractivity contribution is 6.00. The van der Waals surface area contributed by atoms with Gasteiger partial charge in [0.2, 0.25) is 5.88 Å². The fourth-order valence-corrected chi connectivity index (χ4v) is 3.01. The minimum Gasteiger partial charge on any atom is -0.479 e. The lowest BCUT2D eigenvalue weighted by molar-refractivity contribution is 0.0942. The summed E-state index contributed by atoms with van der Waals surface area (Å²) in [5, 5.41) is 0. The molecule has 16 heavy (non-hydrogen) atoms. The lowest BCUT2D eigenvalue weighted by atomic mass is 10.1. The number of carbonyl (C=O) groups excluding carboxylic acids is 1. The summed E-state index contributed by atoms with van der Waals surface area (Å²) in [6.07, 6.45) is 6.77. The van der Waals surface area contributed by atoms with E-state index in [2.05, 4.69) is 9.97 Å². The van der Waals surface area contributed by atoms with Gasteiger partial charge >= 0.3 is 0 Å². The molecule has 2 atom stereocenters. The second-order valence-corrected chi connectivity index (χ2v) is 4.56. The average molecular weight is 218 g/mol. The molecule has 0 aliphatic heterocycles. The van der Waals surface area contributed by atoms with E-state index in [1.54, 1.807) is 12.4 Å². The summed E-state index contributed by atoms with van der Waals surface area (Å²) in [5.41, 5.74) is 0.407. The molecule has 2 unspecified atom stereocenters. The van der Waals surface area contributed by atoms with Crippen LogP contribution in [0.4, 0.5) is 0 Å². The number of hydrogen-bond donors (Lipinski definition) is 0. The fourth-order valence-electron chi connectivity index (χ4n) is 3.01. The van der Waals surface area contributed by atoms with Crippen LogP contribution in [0, 0.1) is 17.8 Å². The van der Waals surface area contributed by atoms with Crippen LogP contribution in [0.5, 0.6) is 5.88 Å². The second kappa shape index (κ2) is 3.54. The maximum atomic E-state index is 12.2. The molecule has 4 nitrogen and oxygen atoms in total. The molecule has 4 heteroatoms. The Morgan fingerprint density at radius 1 is 1.31 bits per heavy atom. The van der Waals surface area contributed by atoms with Crippen molar-refractivity contribution in [3.05, 3.63) is 18.1 Å². The van der Waals surface area contributed by atoms with Crippen molar-refractivity contribution in [2.45, 2.75) is 19.3 Å². The lowest BCUT2D eigenvalue weighted by Crippen LogP contribution is -2.11. The maximum absolute atomic E-state index is 12.2. The van der Waals surface area contributed by atoms with E-state index in [4.69, 9.17) is 4.74 Å². The van der Waals surface area contributed by atoms with Crippen LogP contribution < -0.4 is 4.74 Å². The fraction of sp³-hybridized carbons (Fsp3) is 0.583. The average Bonchev–Trinajstić information content (AvgIpc) is 2.81. The molecule has 1 aromatic rings. The first-order chi connectivity index (χ1) is 7.83. The third kappa shape index (κ3) is 1.32. The van der Waals surface area contributed by atoms with Gasteiger partial charge in [-0.2, -0.15) is 0 Å². The number of carbonyl (C=O) groups is 1. The maximum Gasteiger partial charge on any atom is 0.243 e. The van der Waals surface area contributed by atoms with Gasteiger partial charge in [0.15, 0.2) is 11.5 Å². The number of rotatable bonds is 3. The van der Waals surface area contributed by atoms with Crippen molar-refractivity contribution in [3.8, 4) is 5.88 Å². The van der Waals surface area contributed by atoms with Crippen molar-refractivity contribution in [2.75, 3.05) is 7.11 Å². The molecule has 2 fully saturated rings. The zero-order valence-electron chi connectivity index (χ0n) is 9.22. The predicted molar refractivity (Wildman–Crippen MR) is 57.2 cm³/mol. The van der Waals surface area contributed by atoms with E-state index in [9.17, 15) is 4.79 Å². The van der Waals surface area contributed by atoms with Crippen molar-refractivity contribution in [1.29, 1.82) is 0 Å². The molecular formula is C12H14N2O2. The monoisotopic (exact) mass is 218 g/mol. The van der Waals surface area contributed by atoms with Crippen LogP contribution in [0.15, 0.2) is 12.4 Å². The molecule has 1 heterocycles. The molecule has 2 aliphatic carbocycles. The van der Waals surface area contributed by atoms with Crippen LogP contribution in [-0.2, 0) is 0 Å². The zero-order valence-corrected chi connectivity index (χ0v) is 9.22. The van der Waals surface area contributed by atoms with Crippen LogP contribution in [0.25, 0.3) is 0 Å². The van der Waals surface area contributed by atoms with Crippen LogP contribution in [0.3, 0.4) is 0 Å². The third-order valence-corrected chi connectivity index (χ3v) is 3.80. The Kier molecular flexibility index (Phi) is 2.16. The van der Waals surface area contributed by atoms with E-state index in [1.165, 1.54) is 26.4 Å². The standard InChI is InChI=1S/C12H14N2O2/c1-16-12-10(13-5-6-14-12)11(15)9-7-3-2-4-8(7)9/h5-9H,2-4H2,1H3. The normalized spacial score (nSPS) is 30.9. The molecule has 2 saturated carbocycles. The van der Waals surface area contributed by atoms with E-state index < -0.39 is 0 Å². The Morgan fingerprint density at radius 2 is 2.00 bits per heavy atom. The smallest absolute Gasteiger partial charge is 0.243 e. The number of ketones is 1. The summed E-state index contributed by atoms with van der Waals surface area (Å²) in [7, 11) is 1.52. The van der Waals surface area contributed by atoms with Crippen molar-refractivity contribution in [3.63, 3.8) is 0 Å². The van der Waals surface area contributed by atoms with E-state index in [-0.39, 0.29) is 11.7 Å². The third-order valence-electron chi connectivity index (χ3n) is 3.80. The van der Waals surface area contributed by atoms with E-state index in [0.717, 1.165) is 0 Å². The molecule has 0 N–H and O–H groups in total. The molecule has 0 saturated heterocycles. The Hall–Kier alpha value is -1.45. The highest BCUT2D eigenvalue weighted by atomic mass is 16.5. The molecule has 0 amide bonds. The topological polar surface area (TPSA) is 52.1 Å². The number of Topliss-reactive ketones (excluding diaryl/α,β-unsaturated/α-hetero) is 1. The van der Waals surface area contributed by atoms with Crippen LogP contribution in [0.2, 0.25) is 0 Å². The second-order valence-electron chi connectivity index (χ2n) is 4.56. The Labute approximate surface area is 94.1 Å². The van der Waals surface area contributed by atoms with E-state index in [0.29, 0.717) is 23.4 Å². The first-order valence-corrected chi connectivity index (χ1v) is 5.72. The summed E-state index contributed by atoms with van der Waals surface area (Å²) in [5.74, 6) is 1.90. The number of hydrogen-bond acceptors (Lipinski definition) is 4. The van der Waals surface area contributed by atoms with Gasteiger partial charge in [-0.05, 0) is 24.7 Å².